The number of hydrogen-bond donors (Lipinski definition) is 1. The summed E-state index contributed by atoms with van der Waals surface area (Å²) in [6, 6.07) is 6.64. The van der Waals surface area contributed by atoms with E-state index in [0.717, 1.165) is 25.6 Å². The van der Waals surface area contributed by atoms with Gasteiger partial charge in [-0.2, -0.15) is 0 Å². The lowest BCUT2D eigenvalue weighted by Gasteiger charge is -2.20. The Balaban J connectivity index is 1.77. The van der Waals surface area contributed by atoms with E-state index in [9.17, 15) is 4.79 Å². The Morgan fingerprint density at radius 3 is 2.89 bits per heavy atom. The van der Waals surface area contributed by atoms with Gasteiger partial charge in [0.1, 0.15) is 12.4 Å². The lowest BCUT2D eigenvalue weighted by atomic mass is 10.2. The maximum atomic E-state index is 10.8. The number of nitrogens with zero attached hydrogens (tertiary/aromatic N) is 1. The molecule has 4 nitrogen and oxygen atoms in total. The van der Waals surface area contributed by atoms with Crippen molar-refractivity contribution in [2.45, 2.75) is 19.8 Å². The van der Waals surface area contributed by atoms with Crippen LogP contribution in [0.1, 0.15) is 30.1 Å². The summed E-state index contributed by atoms with van der Waals surface area (Å²) in [6.45, 7) is 5.85. The largest absolute Gasteiger partial charge is 0.492 e. The molecule has 0 amide bonds. The number of benzene rings is 1. The van der Waals surface area contributed by atoms with Crippen LogP contribution in [0.2, 0.25) is 0 Å². The van der Waals surface area contributed by atoms with Crippen LogP contribution in [0, 0.1) is 5.92 Å². The molecule has 0 unspecified atom stereocenters. The Morgan fingerprint density at radius 1 is 1.47 bits per heavy atom. The molecule has 0 aliphatic heterocycles. The number of carboxylic acids is 1. The zero-order chi connectivity index (χ0) is 13.7. The predicted octanol–water partition coefficient (Wildman–Crippen LogP) is 2.50. The molecule has 0 spiro atoms. The van der Waals surface area contributed by atoms with Crippen molar-refractivity contribution in [2.24, 2.45) is 5.92 Å². The molecule has 0 saturated heterocycles. The SMILES string of the molecule is CCN(CCOc1cccc(C(=O)O)c1)CC1CC1. The summed E-state index contributed by atoms with van der Waals surface area (Å²) in [4.78, 5) is 13.2. The second kappa shape index (κ2) is 6.57. The van der Waals surface area contributed by atoms with Gasteiger partial charge in [0.05, 0.1) is 5.56 Å². The molecule has 1 aromatic carbocycles. The molecule has 0 bridgehead atoms. The van der Waals surface area contributed by atoms with Crippen LogP contribution in [-0.2, 0) is 0 Å². The highest BCUT2D eigenvalue weighted by molar-refractivity contribution is 5.87. The summed E-state index contributed by atoms with van der Waals surface area (Å²) in [5, 5.41) is 8.90. The Bertz CT molecular complexity index is 429. The first-order valence-corrected chi connectivity index (χ1v) is 6.87. The van der Waals surface area contributed by atoms with Gasteiger partial charge in [-0.1, -0.05) is 13.0 Å². The van der Waals surface area contributed by atoms with E-state index in [2.05, 4.69) is 11.8 Å². The third-order valence-corrected chi connectivity index (χ3v) is 3.42. The van der Waals surface area contributed by atoms with Crippen LogP contribution >= 0.6 is 0 Å². The van der Waals surface area contributed by atoms with E-state index in [1.807, 2.05) is 0 Å². The maximum absolute atomic E-state index is 10.8. The first kappa shape index (κ1) is 13.9. The quantitative estimate of drug-likeness (QED) is 0.783. The van der Waals surface area contributed by atoms with Gasteiger partial charge in [0.2, 0.25) is 0 Å². The predicted molar refractivity (Wildman–Crippen MR) is 73.7 cm³/mol. The molecule has 104 valence electrons. The normalized spacial score (nSPS) is 14.6. The molecule has 0 atom stereocenters. The van der Waals surface area contributed by atoms with Crippen molar-refractivity contribution in [3.8, 4) is 5.75 Å². The Kier molecular flexibility index (Phi) is 4.80. The third-order valence-electron chi connectivity index (χ3n) is 3.42. The number of rotatable bonds is 8. The molecule has 19 heavy (non-hydrogen) atoms. The fourth-order valence-electron chi connectivity index (χ4n) is 2.06. The van der Waals surface area contributed by atoms with Crippen LogP contribution in [0.4, 0.5) is 0 Å². The summed E-state index contributed by atoms with van der Waals surface area (Å²) >= 11 is 0. The number of carboxylic acid groups (broad SMARTS) is 1. The highest BCUT2D eigenvalue weighted by Crippen LogP contribution is 2.29. The summed E-state index contributed by atoms with van der Waals surface area (Å²) in [5.74, 6) is 0.590. The highest BCUT2D eigenvalue weighted by atomic mass is 16.5. The van der Waals surface area contributed by atoms with Crippen molar-refractivity contribution >= 4 is 5.97 Å². The van der Waals surface area contributed by atoms with Crippen molar-refractivity contribution in [2.75, 3.05) is 26.2 Å². The highest BCUT2D eigenvalue weighted by Gasteiger charge is 2.23. The molecule has 0 radical (unpaired) electrons. The van der Waals surface area contributed by atoms with Crippen molar-refractivity contribution in [3.05, 3.63) is 29.8 Å². The van der Waals surface area contributed by atoms with Crippen LogP contribution < -0.4 is 4.74 Å². The molecular formula is C15H21NO3. The van der Waals surface area contributed by atoms with Gasteiger partial charge in [0.25, 0.3) is 0 Å². The van der Waals surface area contributed by atoms with E-state index in [0.29, 0.717) is 12.4 Å². The summed E-state index contributed by atoms with van der Waals surface area (Å²) in [6.07, 6.45) is 2.72. The molecule has 0 aromatic heterocycles. The second-order valence-corrected chi connectivity index (χ2v) is 5.02. The van der Waals surface area contributed by atoms with Crippen molar-refractivity contribution in [1.82, 2.24) is 4.90 Å². The molecule has 1 N–H and O–H groups in total. The van der Waals surface area contributed by atoms with Gasteiger partial charge in [0.15, 0.2) is 0 Å². The van der Waals surface area contributed by atoms with Crippen LogP contribution in [0.25, 0.3) is 0 Å². The van der Waals surface area contributed by atoms with Gasteiger partial charge < -0.3 is 9.84 Å². The Morgan fingerprint density at radius 2 is 2.26 bits per heavy atom. The van der Waals surface area contributed by atoms with Crippen LogP contribution in [-0.4, -0.2) is 42.2 Å². The van der Waals surface area contributed by atoms with Gasteiger partial charge in [-0.25, -0.2) is 4.79 Å². The first-order chi connectivity index (χ1) is 9.19. The van der Waals surface area contributed by atoms with Crippen LogP contribution in [0.15, 0.2) is 24.3 Å². The molecule has 0 heterocycles. The standard InChI is InChI=1S/C15H21NO3/c1-2-16(11-12-6-7-12)8-9-19-14-5-3-4-13(10-14)15(17)18/h3-5,10,12H,2,6-9,11H2,1H3,(H,17,18). The average Bonchev–Trinajstić information content (AvgIpc) is 3.22. The fraction of sp³-hybridized carbons (Fsp3) is 0.533. The van der Waals surface area contributed by atoms with Crippen molar-refractivity contribution < 1.29 is 14.6 Å². The number of likely N-dealkylation sites (N-methyl/N-ethyl adjacent to an activating group) is 1. The monoisotopic (exact) mass is 263 g/mol. The fourth-order valence-corrected chi connectivity index (χ4v) is 2.06. The molecule has 1 fully saturated rings. The number of aromatic carboxylic acids is 1. The van der Waals surface area contributed by atoms with Gasteiger partial charge in [0, 0.05) is 13.1 Å². The molecule has 4 heteroatoms. The summed E-state index contributed by atoms with van der Waals surface area (Å²) in [7, 11) is 0. The van der Waals surface area contributed by atoms with Crippen LogP contribution in [0.3, 0.4) is 0 Å². The topological polar surface area (TPSA) is 49.8 Å². The van der Waals surface area contributed by atoms with E-state index in [1.165, 1.54) is 12.8 Å². The molecule has 1 saturated carbocycles. The van der Waals surface area contributed by atoms with Gasteiger partial charge in [-0.15, -0.1) is 0 Å². The van der Waals surface area contributed by atoms with E-state index in [4.69, 9.17) is 9.84 Å². The van der Waals surface area contributed by atoms with E-state index in [1.54, 1.807) is 24.3 Å². The third kappa shape index (κ3) is 4.56. The lowest BCUT2D eigenvalue weighted by molar-refractivity contribution is 0.0696. The van der Waals surface area contributed by atoms with Crippen LogP contribution in [0.5, 0.6) is 5.75 Å². The van der Waals surface area contributed by atoms with E-state index < -0.39 is 5.97 Å². The average molecular weight is 263 g/mol. The second-order valence-electron chi connectivity index (χ2n) is 5.02. The lowest BCUT2D eigenvalue weighted by Crippen LogP contribution is -2.30. The summed E-state index contributed by atoms with van der Waals surface area (Å²) < 4.78 is 5.63. The number of hydrogen-bond acceptors (Lipinski definition) is 3. The first-order valence-electron chi connectivity index (χ1n) is 6.87. The smallest absolute Gasteiger partial charge is 0.335 e. The molecule has 1 aliphatic carbocycles. The summed E-state index contributed by atoms with van der Waals surface area (Å²) in [5.41, 5.74) is 0.267. The maximum Gasteiger partial charge on any atom is 0.335 e. The van der Waals surface area contributed by atoms with Gasteiger partial charge >= 0.3 is 5.97 Å². The zero-order valence-electron chi connectivity index (χ0n) is 11.3. The molecular weight excluding hydrogens is 242 g/mol. The Hall–Kier alpha value is -1.55. The van der Waals surface area contributed by atoms with Gasteiger partial charge in [-0.3, -0.25) is 4.90 Å². The van der Waals surface area contributed by atoms with E-state index in [-0.39, 0.29) is 5.56 Å². The van der Waals surface area contributed by atoms with Crippen molar-refractivity contribution in [1.29, 1.82) is 0 Å². The number of ether oxygens (including phenoxy) is 1. The van der Waals surface area contributed by atoms with Crippen molar-refractivity contribution in [3.63, 3.8) is 0 Å². The Labute approximate surface area is 114 Å². The molecule has 1 aliphatic rings. The minimum atomic E-state index is -0.922. The molecule has 1 aromatic rings. The number of carbonyl (C=O) groups is 1. The van der Waals surface area contributed by atoms with E-state index >= 15 is 0 Å². The molecule has 2 rings (SSSR count). The zero-order valence-corrected chi connectivity index (χ0v) is 11.3. The minimum Gasteiger partial charge on any atom is -0.492 e. The van der Waals surface area contributed by atoms with Gasteiger partial charge in [-0.05, 0) is 43.5 Å². The minimum absolute atomic E-state index is 0.267.